The molecule has 9 heteroatoms. The lowest BCUT2D eigenvalue weighted by Crippen LogP contribution is -2.39. The van der Waals surface area contributed by atoms with Crippen molar-refractivity contribution in [3.05, 3.63) is 46.3 Å². The highest BCUT2D eigenvalue weighted by atomic mass is 32.2. The average molecular weight is 515 g/mol. The van der Waals surface area contributed by atoms with E-state index < -0.39 is 10.0 Å². The number of nitrogens with one attached hydrogen (secondary N) is 1. The van der Waals surface area contributed by atoms with Gasteiger partial charge in [0, 0.05) is 30.2 Å². The molecular weight excluding hydrogens is 480 g/mol. The van der Waals surface area contributed by atoms with Gasteiger partial charge in [0.15, 0.2) is 0 Å². The summed E-state index contributed by atoms with van der Waals surface area (Å²) in [5, 5.41) is 5.26. The van der Waals surface area contributed by atoms with Gasteiger partial charge in [0.1, 0.15) is 0 Å². The zero-order valence-corrected chi connectivity index (χ0v) is 21.7. The molecule has 0 spiro atoms. The number of hydrogen-bond acceptors (Lipinski definition) is 5. The van der Waals surface area contributed by atoms with Crippen LogP contribution in [0.15, 0.2) is 35.2 Å². The van der Waals surface area contributed by atoms with Crippen LogP contribution in [0.3, 0.4) is 0 Å². The van der Waals surface area contributed by atoms with E-state index in [4.69, 9.17) is 5.73 Å². The number of amides is 1. The Hall–Kier alpha value is -2.20. The lowest BCUT2D eigenvalue weighted by Gasteiger charge is -2.31. The summed E-state index contributed by atoms with van der Waals surface area (Å²) in [4.78, 5) is 17.5. The van der Waals surface area contributed by atoms with Crippen molar-refractivity contribution in [3.8, 4) is 11.1 Å². The molecule has 2 aliphatic rings. The number of aromatic nitrogens is 1. The molecule has 0 bridgehead atoms. The number of sulfonamides is 1. The molecule has 1 amide bonds. The highest BCUT2D eigenvalue weighted by molar-refractivity contribution is 7.89. The summed E-state index contributed by atoms with van der Waals surface area (Å²) >= 11 is 1.64. The second-order valence-corrected chi connectivity index (χ2v) is 12.7. The third-order valence-electron chi connectivity index (χ3n) is 7.48. The number of carbonyl (C=O) groups excluding carboxylic acids is 1. The zero-order chi connectivity index (χ0) is 24.4. The quantitative estimate of drug-likeness (QED) is 0.452. The molecule has 2 aliphatic heterocycles. The summed E-state index contributed by atoms with van der Waals surface area (Å²) in [5.41, 5.74) is 10.8. The Labute approximate surface area is 211 Å². The molecule has 4 heterocycles. The minimum absolute atomic E-state index is 0.183. The molecule has 0 unspecified atom stereocenters. The first kappa shape index (κ1) is 24.5. The second kappa shape index (κ2) is 10.4. The van der Waals surface area contributed by atoms with E-state index in [-0.39, 0.29) is 24.0 Å². The molecule has 7 nitrogen and oxygen atoms in total. The molecule has 5 rings (SSSR count). The summed E-state index contributed by atoms with van der Waals surface area (Å²) in [5.74, 6) is 0.161. The van der Waals surface area contributed by atoms with Crippen molar-refractivity contribution >= 4 is 38.2 Å². The van der Waals surface area contributed by atoms with E-state index in [1.807, 2.05) is 17.6 Å². The maximum absolute atomic E-state index is 12.9. The first-order chi connectivity index (χ1) is 16.9. The van der Waals surface area contributed by atoms with Crippen molar-refractivity contribution in [2.75, 3.05) is 38.5 Å². The Morgan fingerprint density at radius 1 is 1.11 bits per heavy atom. The number of nitrogens with zero attached hydrogens (tertiary/aromatic N) is 2. The fraction of sp³-hybridized carbons (Fsp3) is 0.500. The number of thiophene rings is 1. The van der Waals surface area contributed by atoms with Gasteiger partial charge >= 0.3 is 0 Å². The first-order valence-corrected chi connectivity index (χ1v) is 15.1. The topological polar surface area (TPSA) is 99.5 Å². The monoisotopic (exact) mass is 514 g/mol. The highest BCUT2D eigenvalue weighted by Crippen LogP contribution is 2.37. The van der Waals surface area contributed by atoms with Crippen LogP contribution in [0.25, 0.3) is 22.0 Å². The number of rotatable bonds is 9. The van der Waals surface area contributed by atoms with E-state index in [2.05, 4.69) is 27.4 Å². The van der Waals surface area contributed by atoms with Crippen molar-refractivity contribution in [1.29, 1.82) is 0 Å². The van der Waals surface area contributed by atoms with Crippen molar-refractivity contribution in [2.45, 2.75) is 44.4 Å². The van der Waals surface area contributed by atoms with Gasteiger partial charge in [0.25, 0.3) is 0 Å². The van der Waals surface area contributed by atoms with Crippen molar-refractivity contribution in [3.63, 3.8) is 0 Å². The number of likely N-dealkylation sites (tertiary alicyclic amines) is 1. The van der Waals surface area contributed by atoms with Crippen LogP contribution >= 0.6 is 11.3 Å². The first-order valence-electron chi connectivity index (χ1n) is 12.6. The standard InChI is InChI=1S/C26H34N4O3S2/c27-25(31)16-22-14-21(20-6-12-34-18-20)15-23-24(17-28-26(22)23)19-4-10-30(11-5-19)35(32,33)13-3-9-29-7-1-2-8-29/h6,12,14-15,17-19,28H,1-5,7-11,13,16H2,(H2,27,31). The van der Waals surface area contributed by atoms with E-state index in [0.29, 0.717) is 19.5 Å². The van der Waals surface area contributed by atoms with Crippen molar-refractivity contribution in [1.82, 2.24) is 14.2 Å². The van der Waals surface area contributed by atoms with Gasteiger partial charge in [0.05, 0.1) is 12.2 Å². The molecule has 2 saturated heterocycles. The van der Waals surface area contributed by atoms with Crippen LogP contribution in [-0.2, 0) is 21.2 Å². The molecule has 2 aromatic heterocycles. The van der Waals surface area contributed by atoms with Gasteiger partial charge in [-0.1, -0.05) is 0 Å². The van der Waals surface area contributed by atoms with Gasteiger partial charge < -0.3 is 15.6 Å². The maximum atomic E-state index is 12.9. The average Bonchev–Trinajstić information content (AvgIpc) is 3.60. The minimum atomic E-state index is -3.22. The van der Waals surface area contributed by atoms with Gasteiger partial charge in [-0.3, -0.25) is 4.79 Å². The predicted molar refractivity (Wildman–Crippen MR) is 142 cm³/mol. The third-order valence-corrected chi connectivity index (χ3v) is 10.1. The Bertz CT molecular complexity index is 1270. The summed E-state index contributed by atoms with van der Waals surface area (Å²) < 4.78 is 27.6. The lowest BCUT2D eigenvalue weighted by atomic mass is 9.88. The number of piperidine rings is 1. The molecule has 1 aromatic carbocycles. The maximum Gasteiger partial charge on any atom is 0.221 e. The van der Waals surface area contributed by atoms with Crippen molar-refractivity contribution < 1.29 is 13.2 Å². The predicted octanol–water partition coefficient (Wildman–Crippen LogP) is 3.92. The third kappa shape index (κ3) is 5.48. The highest BCUT2D eigenvalue weighted by Gasteiger charge is 2.30. The van der Waals surface area contributed by atoms with Gasteiger partial charge in [0.2, 0.25) is 15.9 Å². The molecule has 0 aliphatic carbocycles. The van der Waals surface area contributed by atoms with Gasteiger partial charge in [-0.15, -0.1) is 0 Å². The Kier molecular flexibility index (Phi) is 7.29. The van der Waals surface area contributed by atoms with Crippen LogP contribution in [0.1, 0.15) is 49.1 Å². The molecule has 35 heavy (non-hydrogen) atoms. The normalized spacial score (nSPS) is 18.5. The van der Waals surface area contributed by atoms with Gasteiger partial charge in [-0.2, -0.15) is 11.3 Å². The van der Waals surface area contributed by atoms with E-state index >= 15 is 0 Å². The summed E-state index contributed by atoms with van der Waals surface area (Å²) in [6.07, 6.45) is 6.98. The second-order valence-electron chi connectivity index (χ2n) is 9.85. The van der Waals surface area contributed by atoms with Crippen LogP contribution in [-0.4, -0.2) is 67.0 Å². The fourth-order valence-electron chi connectivity index (χ4n) is 5.64. The van der Waals surface area contributed by atoms with E-state index in [1.54, 1.807) is 15.6 Å². The Morgan fingerprint density at radius 3 is 2.57 bits per heavy atom. The lowest BCUT2D eigenvalue weighted by molar-refractivity contribution is -0.117. The Balaban J connectivity index is 1.30. The molecule has 188 valence electrons. The zero-order valence-electron chi connectivity index (χ0n) is 20.0. The number of fused-ring (bicyclic) bond motifs is 1. The smallest absolute Gasteiger partial charge is 0.221 e. The molecule has 3 N–H and O–H groups in total. The van der Waals surface area contributed by atoms with E-state index in [9.17, 15) is 13.2 Å². The number of nitrogens with two attached hydrogens (primary N) is 1. The fourth-order valence-corrected chi connectivity index (χ4v) is 7.82. The SMILES string of the molecule is NC(=O)Cc1cc(-c2ccsc2)cc2c(C3CCN(S(=O)(=O)CCCN4CCCC4)CC3)c[nH]c12. The molecule has 0 radical (unpaired) electrons. The number of carbonyl (C=O) groups is 1. The number of H-pyrrole nitrogens is 1. The number of hydrogen-bond donors (Lipinski definition) is 2. The van der Waals surface area contributed by atoms with Crippen LogP contribution in [0.2, 0.25) is 0 Å². The van der Waals surface area contributed by atoms with Crippen LogP contribution in [0.5, 0.6) is 0 Å². The van der Waals surface area contributed by atoms with Crippen molar-refractivity contribution in [2.24, 2.45) is 5.73 Å². The van der Waals surface area contributed by atoms with Crippen LogP contribution in [0, 0.1) is 0 Å². The van der Waals surface area contributed by atoms with Gasteiger partial charge in [-0.25, -0.2) is 12.7 Å². The summed E-state index contributed by atoms with van der Waals surface area (Å²) in [6.45, 7) is 4.20. The molecule has 3 aromatic rings. The minimum Gasteiger partial charge on any atom is -0.369 e. The number of aromatic amines is 1. The molecular formula is C26H34N4O3S2. The van der Waals surface area contributed by atoms with Crippen LogP contribution in [0.4, 0.5) is 0 Å². The summed E-state index contributed by atoms with van der Waals surface area (Å²) in [6, 6.07) is 6.32. The summed E-state index contributed by atoms with van der Waals surface area (Å²) in [7, 11) is -3.22. The Morgan fingerprint density at radius 2 is 1.89 bits per heavy atom. The number of benzene rings is 1. The molecule has 2 fully saturated rings. The van der Waals surface area contributed by atoms with Crippen LogP contribution < -0.4 is 5.73 Å². The number of primary amides is 1. The largest absolute Gasteiger partial charge is 0.369 e. The van der Waals surface area contributed by atoms with Gasteiger partial charge in [-0.05, 0) is 109 Å². The molecule has 0 atom stereocenters. The van der Waals surface area contributed by atoms with E-state index in [1.165, 1.54) is 18.4 Å². The molecule has 0 saturated carbocycles. The van der Waals surface area contributed by atoms with E-state index in [0.717, 1.165) is 60.1 Å².